The van der Waals surface area contributed by atoms with Crippen LogP contribution in [0.3, 0.4) is 0 Å². The number of ether oxygens (including phenoxy) is 4. The smallest absolute Gasteiger partial charge is 0.163 e. The molecule has 3 rings (SSSR count). The van der Waals surface area contributed by atoms with Crippen LogP contribution < -0.4 is 14.8 Å². The first-order valence-electron chi connectivity index (χ1n) is 7.23. The summed E-state index contributed by atoms with van der Waals surface area (Å²) < 4.78 is 23.3. The molecule has 1 N–H and O–H groups in total. The van der Waals surface area contributed by atoms with Crippen molar-refractivity contribution < 1.29 is 18.9 Å². The van der Waals surface area contributed by atoms with Gasteiger partial charge in [-0.2, -0.15) is 0 Å². The van der Waals surface area contributed by atoms with E-state index in [1.165, 1.54) is 0 Å². The van der Waals surface area contributed by atoms with Gasteiger partial charge in [0.1, 0.15) is 19.3 Å². The highest BCUT2D eigenvalue weighted by atomic mass is 79.9. The average Bonchev–Trinajstić information content (AvgIpc) is 2.47. The normalized spacial score (nSPS) is 27.1. The molecule has 3 unspecified atom stereocenters. The van der Waals surface area contributed by atoms with Crippen LogP contribution in [-0.2, 0) is 9.47 Å². The maximum atomic E-state index is 5.65. The van der Waals surface area contributed by atoms with E-state index >= 15 is 0 Å². The molecular formula is C15H20BrNO4. The number of hydrogen-bond donors (Lipinski definition) is 1. The lowest BCUT2D eigenvalue weighted by Gasteiger charge is -2.44. The maximum Gasteiger partial charge on any atom is 0.163 e. The number of methoxy groups -OCH3 is 1. The third-order valence-corrected chi connectivity index (χ3v) is 4.53. The van der Waals surface area contributed by atoms with Crippen LogP contribution in [0.15, 0.2) is 16.6 Å². The summed E-state index contributed by atoms with van der Waals surface area (Å²) >= 11 is 3.57. The molecule has 5 nitrogen and oxygen atoms in total. The standard InChI is InChI=1S/C15H20BrNO4/c1-3-19-14-8-11(15(14)18-2)17-10-7-13-12(6-9(10)16)20-4-5-21-13/h6-7,11,14-15,17H,3-5,8H2,1-2H3. The van der Waals surface area contributed by atoms with Gasteiger partial charge in [-0.15, -0.1) is 0 Å². The molecule has 1 aliphatic carbocycles. The molecule has 0 spiro atoms. The highest BCUT2D eigenvalue weighted by Gasteiger charge is 2.42. The van der Waals surface area contributed by atoms with E-state index < -0.39 is 0 Å². The minimum absolute atomic E-state index is 0.0741. The van der Waals surface area contributed by atoms with Gasteiger partial charge in [0.05, 0.1) is 17.8 Å². The second-order valence-corrected chi connectivity index (χ2v) is 6.01. The lowest BCUT2D eigenvalue weighted by molar-refractivity contribution is -0.118. The summed E-state index contributed by atoms with van der Waals surface area (Å²) in [5.74, 6) is 1.56. The summed E-state index contributed by atoms with van der Waals surface area (Å²) in [4.78, 5) is 0. The molecule has 2 aliphatic rings. The lowest BCUT2D eigenvalue weighted by atomic mass is 9.85. The SMILES string of the molecule is CCOC1CC(Nc2cc3c(cc2Br)OCCO3)C1OC. The van der Waals surface area contributed by atoms with Crippen molar-refractivity contribution in [2.24, 2.45) is 0 Å². The third-order valence-electron chi connectivity index (χ3n) is 3.87. The molecule has 0 amide bonds. The lowest BCUT2D eigenvalue weighted by Crippen LogP contribution is -2.56. The van der Waals surface area contributed by atoms with Crippen LogP contribution in [0.2, 0.25) is 0 Å². The number of benzene rings is 1. The molecule has 1 aliphatic heterocycles. The molecule has 3 atom stereocenters. The molecule has 21 heavy (non-hydrogen) atoms. The minimum Gasteiger partial charge on any atom is -0.486 e. The Kier molecular flexibility index (Phi) is 4.57. The summed E-state index contributed by atoms with van der Waals surface area (Å²) in [7, 11) is 1.73. The molecule has 0 aromatic heterocycles. The summed E-state index contributed by atoms with van der Waals surface area (Å²) in [6.45, 7) is 3.90. The number of halogens is 1. The Labute approximate surface area is 133 Å². The van der Waals surface area contributed by atoms with E-state index in [0.717, 1.165) is 28.1 Å². The predicted octanol–water partition coefficient (Wildman–Crippen LogP) is 2.82. The van der Waals surface area contributed by atoms with Crippen molar-refractivity contribution in [3.63, 3.8) is 0 Å². The summed E-state index contributed by atoms with van der Waals surface area (Å²) in [6.07, 6.45) is 1.19. The van der Waals surface area contributed by atoms with E-state index in [9.17, 15) is 0 Å². The van der Waals surface area contributed by atoms with Crippen LogP contribution in [0.5, 0.6) is 11.5 Å². The van der Waals surface area contributed by atoms with Gasteiger partial charge in [0.2, 0.25) is 0 Å². The van der Waals surface area contributed by atoms with E-state index in [0.29, 0.717) is 19.8 Å². The van der Waals surface area contributed by atoms with Crippen LogP contribution in [0.4, 0.5) is 5.69 Å². The Bertz CT molecular complexity index is 511. The Morgan fingerprint density at radius 2 is 2.00 bits per heavy atom. The molecule has 1 saturated carbocycles. The van der Waals surface area contributed by atoms with Gasteiger partial charge in [0.25, 0.3) is 0 Å². The van der Waals surface area contributed by atoms with Gasteiger partial charge in [-0.3, -0.25) is 0 Å². The zero-order valence-corrected chi connectivity index (χ0v) is 13.8. The predicted molar refractivity (Wildman–Crippen MR) is 83.4 cm³/mol. The van der Waals surface area contributed by atoms with Crippen molar-refractivity contribution in [3.05, 3.63) is 16.6 Å². The van der Waals surface area contributed by atoms with E-state index in [2.05, 4.69) is 21.2 Å². The van der Waals surface area contributed by atoms with Gasteiger partial charge in [-0.1, -0.05) is 0 Å². The van der Waals surface area contributed by atoms with Crippen molar-refractivity contribution in [3.8, 4) is 11.5 Å². The van der Waals surface area contributed by atoms with Gasteiger partial charge in [-0.25, -0.2) is 0 Å². The van der Waals surface area contributed by atoms with Crippen LogP contribution >= 0.6 is 15.9 Å². The number of rotatable bonds is 5. The fourth-order valence-electron chi connectivity index (χ4n) is 2.79. The topological polar surface area (TPSA) is 49.0 Å². The molecule has 1 aromatic carbocycles. The molecule has 1 heterocycles. The number of anilines is 1. The van der Waals surface area contributed by atoms with E-state index in [1.807, 2.05) is 19.1 Å². The van der Waals surface area contributed by atoms with Crippen molar-refractivity contribution in [2.45, 2.75) is 31.6 Å². The first-order valence-corrected chi connectivity index (χ1v) is 8.02. The highest BCUT2D eigenvalue weighted by molar-refractivity contribution is 9.10. The molecule has 1 fully saturated rings. The first-order chi connectivity index (χ1) is 10.2. The van der Waals surface area contributed by atoms with Gasteiger partial charge in [0.15, 0.2) is 11.5 Å². The summed E-state index contributed by atoms with van der Waals surface area (Å²) in [5, 5.41) is 3.50. The van der Waals surface area contributed by atoms with Gasteiger partial charge in [0, 0.05) is 30.3 Å². The van der Waals surface area contributed by atoms with Gasteiger partial charge < -0.3 is 24.3 Å². The number of hydrogen-bond acceptors (Lipinski definition) is 5. The monoisotopic (exact) mass is 357 g/mol. The number of nitrogens with one attached hydrogen (secondary N) is 1. The van der Waals surface area contributed by atoms with Crippen molar-refractivity contribution in [1.29, 1.82) is 0 Å². The van der Waals surface area contributed by atoms with Crippen LogP contribution in [-0.4, -0.2) is 45.2 Å². The average molecular weight is 358 g/mol. The third kappa shape index (κ3) is 2.98. The van der Waals surface area contributed by atoms with Gasteiger partial charge in [-0.05, 0) is 29.3 Å². The zero-order chi connectivity index (χ0) is 14.8. The van der Waals surface area contributed by atoms with E-state index in [4.69, 9.17) is 18.9 Å². The Morgan fingerprint density at radius 1 is 1.29 bits per heavy atom. The second kappa shape index (κ2) is 6.42. The Morgan fingerprint density at radius 3 is 2.67 bits per heavy atom. The second-order valence-electron chi connectivity index (χ2n) is 5.16. The summed E-state index contributed by atoms with van der Waals surface area (Å²) in [5.41, 5.74) is 0.987. The molecular weight excluding hydrogens is 338 g/mol. The molecule has 0 saturated heterocycles. The number of fused-ring (bicyclic) bond motifs is 1. The quantitative estimate of drug-likeness (QED) is 0.877. The highest BCUT2D eigenvalue weighted by Crippen LogP contribution is 2.40. The molecule has 0 bridgehead atoms. The first kappa shape index (κ1) is 14.9. The molecule has 1 aromatic rings. The summed E-state index contributed by atoms with van der Waals surface area (Å²) in [6, 6.07) is 4.15. The van der Waals surface area contributed by atoms with Gasteiger partial charge >= 0.3 is 0 Å². The molecule has 116 valence electrons. The van der Waals surface area contributed by atoms with Crippen molar-refractivity contribution in [1.82, 2.24) is 0 Å². The Balaban J connectivity index is 1.70. The molecule has 6 heteroatoms. The van der Waals surface area contributed by atoms with Crippen LogP contribution in [0, 0.1) is 0 Å². The largest absolute Gasteiger partial charge is 0.486 e. The fraction of sp³-hybridized carbons (Fsp3) is 0.600. The maximum absolute atomic E-state index is 5.65. The van der Waals surface area contributed by atoms with Crippen LogP contribution in [0.1, 0.15) is 13.3 Å². The van der Waals surface area contributed by atoms with Crippen molar-refractivity contribution >= 4 is 21.6 Å². The minimum atomic E-state index is 0.0741. The van der Waals surface area contributed by atoms with E-state index in [-0.39, 0.29) is 18.2 Å². The Hall–Kier alpha value is -0.980. The zero-order valence-electron chi connectivity index (χ0n) is 12.2. The fourth-order valence-corrected chi connectivity index (χ4v) is 3.23. The van der Waals surface area contributed by atoms with Crippen molar-refractivity contribution in [2.75, 3.05) is 32.2 Å². The molecule has 0 radical (unpaired) electrons. The van der Waals surface area contributed by atoms with E-state index in [1.54, 1.807) is 7.11 Å². The van der Waals surface area contributed by atoms with Crippen LogP contribution in [0.25, 0.3) is 0 Å².